The quantitative estimate of drug-likeness (QED) is 0.245. The minimum absolute atomic E-state index is 0.227. The summed E-state index contributed by atoms with van der Waals surface area (Å²) < 4.78 is 5.86. The zero-order valence-corrected chi connectivity index (χ0v) is 17.5. The number of para-hydroxylation sites is 2. The summed E-state index contributed by atoms with van der Waals surface area (Å²) in [7, 11) is 0. The van der Waals surface area contributed by atoms with E-state index in [9.17, 15) is 4.79 Å². The van der Waals surface area contributed by atoms with Crippen LogP contribution in [-0.2, 0) is 4.79 Å². The Morgan fingerprint density at radius 2 is 1.59 bits per heavy atom. The molecule has 0 aliphatic rings. The Balaban J connectivity index is 2.24. The highest BCUT2D eigenvalue weighted by atomic mass is 32.1. The van der Waals surface area contributed by atoms with E-state index in [-0.39, 0.29) is 6.42 Å². The first-order chi connectivity index (χ1) is 13.1. The average molecular weight is 394 g/mol. The fraction of sp³-hybridized carbons (Fsp3) is 0.636. The van der Waals surface area contributed by atoms with Gasteiger partial charge in [0.05, 0.1) is 17.3 Å². The number of benzene rings is 1. The summed E-state index contributed by atoms with van der Waals surface area (Å²) >= 11 is 5.49. The molecule has 4 nitrogen and oxygen atoms in total. The molecule has 0 fully saturated rings. The fourth-order valence-corrected chi connectivity index (χ4v) is 3.14. The second-order valence-electron chi connectivity index (χ2n) is 6.97. The smallest absolute Gasteiger partial charge is 0.303 e. The van der Waals surface area contributed by atoms with Gasteiger partial charge in [0.1, 0.15) is 5.75 Å². The van der Waals surface area contributed by atoms with Crippen LogP contribution in [0.15, 0.2) is 24.3 Å². The number of rotatable bonds is 16. The van der Waals surface area contributed by atoms with Crippen molar-refractivity contribution in [2.45, 2.75) is 84.0 Å². The largest absolute Gasteiger partial charge is 0.491 e. The summed E-state index contributed by atoms with van der Waals surface area (Å²) in [5, 5.41) is 12.0. The molecule has 0 aliphatic heterocycles. The number of ether oxygens (including phenoxy) is 1. The third kappa shape index (κ3) is 12.4. The van der Waals surface area contributed by atoms with E-state index in [4.69, 9.17) is 22.1 Å². The molecule has 0 saturated carbocycles. The summed E-state index contributed by atoms with van der Waals surface area (Å²) in [6.07, 6.45) is 12.5. The van der Waals surface area contributed by atoms with Crippen molar-refractivity contribution >= 4 is 28.9 Å². The van der Waals surface area contributed by atoms with Crippen LogP contribution < -0.4 is 10.1 Å². The predicted molar refractivity (Wildman–Crippen MR) is 117 cm³/mol. The number of carboxylic acids is 1. The first kappa shape index (κ1) is 23.4. The van der Waals surface area contributed by atoms with Crippen LogP contribution in [0.5, 0.6) is 5.75 Å². The van der Waals surface area contributed by atoms with Gasteiger partial charge in [0.2, 0.25) is 0 Å². The molecule has 0 spiro atoms. The molecule has 1 aromatic carbocycles. The van der Waals surface area contributed by atoms with E-state index in [1.54, 1.807) is 0 Å². The van der Waals surface area contributed by atoms with Gasteiger partial charge in [0.25, 0.3) is 0 Å². The maximum atomic E-state index is 10.5. The van der Waals surface area contributed by atoms with E-state index in [1.165, 1.54) is 38.5 Å². The molecule has 0 heterocycles. The molecule has 152 valence electrons. The lowest BCUT2D eigenvalue weighted by atomic mass is 10.1. The molecule has 0 unspecified atom stereocenters. The molecule has 0 bridgehead atoms. The Bertz CT molecular complexity index is 548. The van der Waals surface area contributed by atoms with Crippen molar-refractivity contribution in [1.82, 2.24) is 0 Å². The fourth-order valence-electron chi connectivity index (χ4n) is 2.89. The van der Waals surface area contributed by atoms with Crippen LogP contribution in [-0.4, -0.2) is 22.7 Å². The summed E-state index contributed by atoms with van der Waals surface area (Å²) in [6, 6.07) is 7.84. The molecule has 0 amide bonds. The van der Waals surface area contributed by atoms with Crippen molar-refractivity contribution < 1.29 is 14.6 Å². The zero-order chi connectivity index (χ0) is 19.7. The van der Waals surface area contributed by atoms with E-state index in [0.717, 1.165) is 42.1 Å². The summed E-state index contributed by atoms with van der Waals surface area (Å²) in [6.45, 7) is 2.83. The Morgan fingerprint density at radius 1 is 0.963 bits per heavy atom. The highest BCUT2D eigenvalue weighted by Crippen LogP contribution is 2.24. The molecule has 0 aromatic heterocycles. The minimum Gasteiger partial charge on any atom is -0.491 e. The number of unbranched alkanes of at least 4 members (excludes halogenated alkanes) is 8. The Morgan fingerprint density at radius 3 is 2.33 bits per heavy atom. The van der Waals surface area contributed by atoms with Gasteiger partial charge in [-0.1, -0.05) is 69.8 Å². The Kier molecular flexibility index (Phi) is 13.4. The average Bonchev–Trinajstić information content (AvgIpc) is 2.65. The lowest BCUT2D eigenvalue weighted by Crippen LogP contribution is -2.10. The van der Waals surface area contributed by atoms with Crippen LogP contribution in [0.1, 0.15) is 84.0 Å². The molecule has 0 radical (unpaired) electrons. The summed E-state index contributed by atoms with van der Waals surface area (Å²) in [5.74, 6) is 0.0672. The molecule has 0 atom stereocenters. The lowest BCUT2D eigenvalue weighted by molar-refractivity contribution is -0.137. The van der Waals surface area contributed by atoms with Gasteiger partial charge >= 0.3 is 5.97 Å². The second kappa shape index (κ2) is 15.4. The predicted octanol–water partition coefficient (Wildman–Crippen LogP) is 6.59. The molecular weight excluding hydrogens is 358 g/mol. The van der Waals surface area contributed by atoms with Gasteiger partial charge in [-0.25, -0.2) is 0 Å². The number of carbonyl (C=O) groups is 1. The van der Waals surface area contributed by atoms with Crippen LogP contribution in [0, 0.1) is 0 Å². The Labute approximate surface area is 169 Å². The van der Waals surface area contributed by atoms with Crippen LogP contribution in [0.3, 0.4) is 0 Å². The molecule has 0 saturated heterocycles. The summed E-state index contributed by atoms with van der Waals surface area (Å²) in [4.78, 5) is 11.4. The van der Waals surface area contributed by atoms with Crippen molar-refractivity contribution in [3.63, 3.8) is 0 Å². The molecule has 0 aliphatic carbocycles. The van der Waals surface area contributed by atoms with Crippen molar-refractivity contribution in [3.8, 4) is 5.75 Å². The lowest BCUT2D eigenvalue weighted by Gasteiger charge is -2.14. The van der Waals surface area contributed by atoms with Crippen LogP contribution in [0.25, 0.3) is 0 Å². The van der Waals surface area contributed by atoms with Crippen LogP contribution in [0.4, 0.5) is 5.69 Å². The third-order valence-electron chi connectivity index (χ3n) is 4.46. The summed E-state index contributed by atoms with van der Waals surface area (Å²) in [5.41, 5.74) is 0.913. The van der Waals surface area contributed by atoms with Gasteiger partial charge in [-0.2, -0.15) is 0 Å². The highest BCUT2D eigenvalue weighted by molar-refractivity contribution is 7.80. The normalized spacial score (nSPS) is 10.6. The SMILES string of the molecule is CCCCCCCCCC(=S)Nc1ccccc1OCCCCCC(=O)O. The molecule has 1 aromatic rings. The molecule has 27 heavy (non-hydrogen) atoms. The van der Waals surface area contributed by atoms with Crippen molar-refractivity contribution in [2.24, 2.45) is 0 Å². The van der Waals surface area contributed by atoms with Crippen LogP contribution >= 0.6 is 12.2 Å². The first-order valence-corrected chi connectivity index (χ1v) is 10.8. The number of hydrogen-bond donors (Lipinski definition) is 2. The van der Waals surface area contributed by atoms with Gasteiger partial charge in [0.15, 0.2) is 0 Å². The minimum atomic E-state index is -0.736. The number of anilines is 1. The molecule has 1 rings (SSSR count). The van der Waals surface area contributed by atoms with Crippen molar-refractivity contribution in [1.29, 1.82) is 0 Å². The second-order valence-corrected chi connectivity index (χ2v) is 7.46. The number of carboxylic acid groups (broad SMARTS) is 1. The van der Waals surface area contributed by atoms with E-state index in [2.05, 4.69) is 12.2 Å². The number of aliphatic carboxylic acids is 1. The van der Waals surface area contributed by atoms with Gasteiger partial charge in [0, 0.05) is 6.42 Å². The first-order valence-electron chi connectivity index (χ1n) is 10.4. The maximum absolute atomic E-state index is 10.5. The third-order valence-corrected chi connectivity index (χ3v) is 4.77. The standard InChI is InChI=1S/C22H35NO3S/c1-2-3-4-5-6-7-9-16-21(27)23-19-14-11-12-15-20(19)26-18-13-8-10-17-22(24)25/h11-12,14-15H,2-10,13,16-18H2,1H3,(H,23,27)(H,24,25). The van der Waals surface area contributed by atoms with Gasteiger partial charge < -0.3 is 15.2 Å². The number of hydrogen-bond acceptors (Lipinski definition) is 3. The van der Waals surface area contributed by atoms with Gasteiger partial charge in [-0.3, -0.25) is 4.79 Å². The maximum Gasteiger partial charge on any atom is 0.303 e. The molecule has 5 heteroatoms. The zero-order valence-electron chi connectivity index (χ0n) is 16.7. The topological polar surface area (TPSA) is 58.6 Å². The van der Waals surface area contributed by atoms with Crippen molar-refractivity contribution in [2.75, 3.05) is 11.9 Å². The van der Waals surface area contributed by atoms with E-state index >= 15 is 0 Å². The number of nitrogens with one attached hydrogen (secondary N) is 1. The van der Waals surface area contributed by atoms with E-state index in [1.807, 2.05) is 24.3 Å². The monoisotopic (exact) mass is 393 g/mol. The van der Waals surface area contributed by atoms with Gasteiger partial charge in [-0.05, 0) is 44.2 Å². The Hall–Kier alpha value is -1.62. The van der Waals surface area contributed by atoms with Crippen LogP contribution in [0.2, 0.25) is 0 Å². The van der Waals surface area contributed by atoms with Crippen molar-refractivity contribution in [3.05, 3.63) is 24.3 Å². The van der Waals surface area contributed by atoms with Gasteiger partial charge in [-0.15, -0.1) is 0 Å². The highest BCUT2D eigenvalue weighted by Gasteiger charge is 2.05. The molecule has 2 N–H and O–H groups in total. The number of thiocarbonyl (C=S) groups is 1. The molecular formula is C22H35NO3S. The van der Waals surface area contributed by atoms with E-state index < -0.39 is 5.97 Å². The van der Waals surface area contributed by atoms with E-state index in [0.29, 0.717) is 13.0 Å².